The van der Waals surface area contributed by atoms with Gasteiger partial charge >= 0.3 is 0 Å². The van der Waals surface area contributed by atoms with Crippen molar-refractivity contribution in [2.24, 2.45) is 0 Å². The van der Waals surface area contributed by atoms with E-state index in [1.807, 2.05) is 30.3 Å². The molecule has 2 aromatic rings. The number of carbonyl (C=O) groups is 2. The molecule has 136 valence electrons. The summed E-state index contributed by atoms with van der Waals surface area (Å²) in [7, 11) is 0. The summed E-state index contributed by atoms with van der Waals surface area (Å²) in [6.45, 7) is 0.00941. The molecule has 1 aliphatic carbocycles. The molecular formula is C20H23N3O3. The SMILES string of the molecule is O=C(CN(C(=O)C=Cc1ccccc1)C1CCCCC1)Nc1ccon1. The number of hydrogen-bond donors (Lipinski definition) is 1. The molecule has 0 atom stereocenters. The zero-order valence-electron chi connectivity index (χ0n) is 14.6. The van der Waals surface area contributed by atoms with Gasteiger partial charge in [-0.3, -0.25) is 9.59 Å². The van der Waals surface area contributed by atoms with Gasteiger partial charge in [0.15, 0.2) is 5.82 Å². The topological polar surface area (TPSA) is 75.4 Å². The van der Waals surface area contributed by atoms with Crippen LogP contribution in [0.4, 0.5) is 5.82 Å². The average molecular weight is 353 g/mol. The number of carbonyl (C=O) groups excluding carboxylic acids is 2. The van der Waals surface area contributed by atoms with Gasteiger partial charge in [0.05, 0.1) is 0 Å². The first kappa shape index (κ1) is 17.9. The smallest absolute Gasteiger partial charge is 0.247 e. The van der Waals surface area contributed by atoms with Gasteiger partial charge in [0.1, 0.15) is 12.8 Å². The fraction of sp³-hybridized carbons (Fsp3) is 0.350. The fourth-order valence-corrected chi connectivity index (χ4v) is 3.22. The molecule has 2 amide bonds. The Bertz CT molecular complexity index is 735. The van der Waals surface area contributed by atoms with Gasteiger partial charge in [-0.05, 0) is 24.5 Å². The summed E-state index contributed by atoms with van der Waals surface area (Å²) in [5, 5.41) is 6.33. The molecule has 1 aromatic heterocycles. The number of anilines is 1. The maximum Gasteiger partial charge on any atom is 0.247 e. The van der Waals surface area contributed by atoms with Crippen LogP contribution in [0.15, 0.2) is 53.3 Å². The summed E-state index contributed by atoms with van der Waals surface area (Å²) in [5.41, 5.74) is 0.955. The predicted molar refractivity (Wildman–Crippen MR) is 99.2 cm³/mol. The van der Waals surface area contributed by atoms with Crippen molar-refractivity contribution in [3.8, 4) is 0 Å². The summed E-state index contributed by atoms with van der Waals surface area (Å²) in [6, 6.07) is 11.3. The monoisotopic (exact) mass is 353 g/mol. The van der Waals surface area contributed by atoms with Crippen molar-refractivity contribution in [3.05, 3.63) is 54.3 Å². The van der Waals surface area contributed by atoms with Crippen molar-refractivity contribution in [2.45, 2.75) is 38.1 Å². The molecule has 0 bridgehead atoms. The van der Waals surface area contributed by atoms with Crippen LogP contribution in [0.1, 0.15) is 37.7 Å². The highest BCUT2D eigenvalue weighted by atomic mass is 16.5. The van der Waals surface area contributed by atoms with Crippen LogP contribution in [0.5, 0.6) is 0 Å². The minimum absolute atomic E-state index is 0.00941. The van der Waals surface area contributed by atoms with E-state index in [0.717, 1.165) is 31.2 Å². The van der Waals surface area contributed by atoms with Gasteiger partial charge in [-0.25, -0.2) is 0 Å². The van der Waals surface area contributed by atoms with Gasteiger partial charge in [0.25, 0.3) is 0 Å². The minimum Gasteiger partial charge on any atom is -0.363 e. The number of rotatable bonds is 6. The Morgan fingerprint density at radius 3 is 2.62 bits per heavy atom. The molecule has 26 heavy (non-hydrogen) atoms. The molecular weight excluding hydrogens is 330 g/mol. The van der Waals surface area contributed by atoms with Crippen LogP contribution in [-0.4, -0.2) is 34.5 Å². The zero-order valence-corrected chi connectivity index (χ0v) is 14.6. The second-order valence-electron chi connectivity index (χ2n) is 6.43. The van der Waals surface area contributed by atoms with E-state index >= 15 is 0 Å². The summed E-state index contributed by atoms with van der Waals surface area (Å²) < 4.78 is 4.72. The van der Waals surface area contributed by atoms with E-state index in [0.29, 0.717) is 5.82 Å². The van der Waals surface area contributed by atoms with E-state index in [1.54, 1.807) is 23.1 Å². The second-order valence-corrected chi connectivity index (χ2v) is 6.43. The molecule has 1 N–H and O–H groups in total. The fourth-order valence-electron chi connectivity index (χ4n) is 3.22. The number of nitrogens with one attached hydrogen (secondary N) is 1. The third kappa shape index (κ3) is 5.05. The van der Waals surface area contributed by atoms with E-state index in [4.69, 9.17) is 4.52 Å². The third-order valence-corrected chi connectivity index (χ3v) is 4.54. The van der Waals surface area contributed by atoms with E-state index in [-0.39, 0.29) is 24.4 Å². The van der Waals surface area contributed by atoms with Crippen LogP contribution < -0.4 is 5.32 Å². The first-order valence-corrected chi connectivity index (χ1v) is 8.96. The molecule has 1 heterocycles. The van der Waals surface area contributed by atoms with E-state index in [1.165, 1.54) is 12.7 Å². The van der Waals surface area contributed by atoms with Crippen molar-refractivity contribution < 1.29 is 14.1 Å². The Morgan fingerprint density at radius 1 is 1.15 bits per heavy atom. The molecule has 1 saturated carbocycles. The number of benzene rings is 1. The van der Waals surface area contributed by atoms with Crippen LogP contribution >= 0.6 is 0 Å². The number of aromatic nitrogens is 1. The highest BCUT2D eigenvalue weighted by Gasteiger charge is 2.26. The number of hydrogen-bond acceptors (Lipinski definition) is 4. The van der Waals surface area contributed by atoms with E-state index in [9.17, 15) is 9.59 Å². The normalized spacial score (nSPS) is 15.1. The van der Waals surface area contributed by atoms with Crippen molar-refractivity contribution >= 4 is 23.7 Å². The van der Waals surface area contributed by atoms with Crippen molar-refractivity contribution in [2.75, 3.05) is 11.9 Å². The molecule has 1 aromatic carbocycles. The first-order chi connectivity index (χ1) is 12.7. The highest BCUT2D eigenvalue weighted by molar-refractivity contribution is 5.97. The largest absolute Gasteiger partial charge is 0.363 e. The van der Waals surface area contributed by atoms with Crippen molar-refractivity contribution in [1.29, 1.82) is 0 Å². The molecule has 0 saturated heterocycles. The lowest BCUT2D eigenvalue weighted by molar-refractivity contribution is -0.133. The van der Waals surface area contributed by atoms with Crippen LogP contribution in [0.25, 0.3) is 6.08 Å². The van der Waals surface area contributed by atoms with E-state index in [2.05, 4.69) is 10.5 Å². The predicted octanol–water partition coefficient (Wildman–Crippen LogP) is 3.49. The van der Waals surface area contributed by atoms with Crippen molar-refractivity contribution in [3.63, 3.8) is 0 Å². The Kier molecular flexibility index (Phi) is 6.19. The molecule has 6 nitrogen and oxygen atoms in total. The van der Waals surface area contributed by atoms with Gasteiger partial charge in [0.2, 0.25) is 11.8 Å². The molecule has 6 heteroatoms. The van der Waals surface area contributed by atoms with Gasteiger partial charge < -0.3 is 14.7 Å². The molecule has 1 aliphatic rings. The zero-order chi connectivity index (χ0) is 18.2. The van der Waals surface area contributed by atoms with Crippen LogP contribution in [0, 0.1) is 0 Å². The van der Waals surface area contributed by atoms with E-state index < -0.39 is 0 Å². The number of nitrogens with zero attached hydrogens (tertiary/aromatic N) is 2. The summed E-state index contributed by atoms with van der Waals surface area (Å²) in [6.07, 6.45) is 9.95. The number of amides is 2. The third-order valence-electron chi connectivity index (χ3n) is 4.54. The van der Waals surface area contributed by atoms with Crippen LogP contribution in [-0.2, 0) is 9.59 Å². The van der Waals surface area contributed by atoms with Crippen LogP contribution in [0.2, 0.25) is 0 Å². The molecule has 0 unspecified atom stereocenters. The standard InChI is InChI=1S/C20H23N3O3/c24-19(21-18-13-14-26-22-18)15-23(17-9-5-2-6-10-17)20(25)12-11-16-7-3-1-4-8-16/h1,3-4,7-8,11-14,17H,2,5-6,9-10,15H2,(H,21,22,24). The molecule has 0 radical (unpaired) electrons. The van der Waals surface area contributed by atoms with Gasteiger partial charge in [-0.15, -0.1) is 0 Å². The Hall–Kier alpha value is -2.89. The van der Waals surface area contributed by atoms with Gasteiger partial charge in [-0.1, -0.05) is 54.8 Å². The highest BCUT2D eigenvalue weighted by Crippen LogP contribution is 2.23. The summed E-state index contributed by atoms with van der Waals surface area (Å²) in [5.74, 6) is -0.0622. The lowest BCUT2D eigenvalue weighted by Crippen LogP contribution is -2.45. The van der Waals surface area contributed by atoms with Gasteiger partial charge in [-0.2, -0.15) is 0 Å². The quantitative estimate of drug-likeness (QED) is 0.807. The van der Waals surface area contributed by atoms with Crippen molar-refractivity contribution in [1.82, 2.24) is 10.1 Å². The summed E-state index contributed by atoms with van der Waals surface area (Å²) >= 11 is 0. The first-order valence-electron chi connectivity index (χ1n) is 8.96. The summed E-state index contributed by atoms with van der Waals surface area (Å²) in [4.78, 5) is 26.8. The lowest BCUT2D eigenvalue weighted by atomic mass is 9.94. The molecule has 0 spiro atoms. The molecule has 1 fully saturated rings. The van der Waals surface area contributed by atoms with Gasteiger partial charge in [0, 0.05) is 18.2 Å². The minimum atomic E-state index is -0.272. The Labute approximate surface area is 152 Å². The maximum absolute atomic E-state index is 12.8. The van der Waals surface area contributed by atoms with Crippen LogP contribution in [0.3, 0.4) is 0 Å². The Morgan fingerprint density at radius 2 is 1.92 bits per heavy atom. The lowest BCUT2D eigenvalue weighted by Gasteiger charge is -2.33. The average Bonchev–Trinajstić information content (AvgIpc) is 3.18. The molecule has 0 aliphatic heterocycles. The second kappa shape index (κ2) is 8.99. The molecule has 3 rings (SSSR count). The Balaban J connectivity index is 1.68. The maximum atomic E-state index is 12.8.